The monoisotopic (exact) mass is 326 g/mol. The zero-order chi connectivity index (χ0) is 17.1. The van der Waals surface area contributed by atoms with Crippen molar-refractivity contribution < 1.29 is 19.1 Å². The molecule has 0 saturated heterocycles. The molecule has 2 aromatic carbocycles. The molecule has 3 rings (SSSR count). The number of nitrogens with one attached hydrogen (secondary N) is 1. The summed E-state index contributed by atoms with van der Waals surface area (Å²) in [6.07, 6.45) is -0.764. The Bertz CT molecular complexity index is 775. The molecule has 0 radical (unpaired) electrons. The van der Waals surface area contributed by atoms with Crippen LogP contribution in [0.4, 0.5) is 11.4 Å². The summed E-state index contributed by atoms with van der Waals surface area (Å²) in [5.41, 5.74) is 1.28. The molecule has 0 aliphatic carbocycles. The summed E-state index contributed by atoms with van der Waals surface area (Å²) in [5.74, 6) is 0.513. The first-order valence-electron chi connectivity index (χ1n) is 7.60. The van der Waals surface area contributed by atoms with E-state index in [1.807, 2.05) is 18.2 Å². The molecule has 2 aromatic rings. The standard InChI is InChI=1S/C18H18N2O4/c1-12(24-16-10-6-5-9-15(16)23-2)18(22)20-11-17(21)19-13-7-3-4-8-14(13)20/h3-10,12H,11H2,1-2H3,(H,19,21)/t12-/m0/s1. The number of anilines is 2. The molecule has 1 atom stereocenters. The number of amides is 2. The van der Waals surface area contributed by atoms with E-state index in [4.69, 9.17) is 9.47 Å². The van der Waals surface area contributed by atoms with E-state index in [1.54, 1.807) is 44.4 Å². The molecule has 2 amide bonds. The fourth-order valence-corrected chi connectivity index (χ4v) is 2.61. The van der Waals surface area contributed by atoms with Gasteiger partial charge in [-0.1, -0.05) is 24.3 Å². The second-order valence-electron chi connectivity index (χ2n) is 5.40. The molecule has 6 heteroatoms. The predicted octanol–water partition coefficient (Wildman–Crippen LogP) is 2.45. The number of hydrogen-bond donors (Lipinski definition) is 1. The number of hydrogen-bond acceptors (Lipinski definition) is 4. The largest absolute Gasteiger partial charge is 0.493 e. The van der Waals surface area contributed by atoms with Crippen molar-refractivity contribution in [2.24, 2.45) is 0 Å². The van der Waals surface area contributed by atoms with Crippen molar-refractivity contribution in [3.63, 3.8) is 0 Å². The highest BCUT2D eigenvalue weighted by Gasteiger charge is 2.30. The van der Waals surface area contributed by atoms with Gasteiger partial charge in [-0.2, -0.15) is 0 Å². The Hall–Kier alpha value is -3.02. The third-order valence-electron chi connectivity index (χ3n) is 3.76. The van der Waals surface area contributed by atoms with Crippen LogP contribution >= 0.6 is 0 Å². The van der Waals surface area contributed by atoms with Crippen molar-refractivity contribution in [3.8, 4) is 11.5 Å². The Balaban J connectivity index is 1.82. The number of benzene rings is 2. The van der Waals surface area contributed by atoms with Crippen LogP contribution in [-0.4, -0.2) is 31.6 Å². The maximum Gasteiger partial charge on any atom is 0.268 e. The van der Waals surface area contributed by atoms with E-state index in [9.17, 15) is 9.59 Å². The van der Waals surface area contributed by atoms with Crippen molar-refractivity contribution in [1.82, 2.24) is 0 Å². The van der Waals surface area contributed by atoms with Crippen LogP contribution in [0.1, 0.15) is 6.92 Å². The minimum absolute atomic E-state index is 0.0323. The van der Waals surface area contributed by atoms with Gasteiger partial charge in [0.25, 0.3) is 5.91 Å². The van der Waals surface area contributed by atoms with Crippen molar-refractivity contribution in [2.75, 3.05) is 23.9 Å². The highest BCUT2D eigenvalue weighted by atomic mass is 16.5. The molecule has 24 heavy (non-hydrogen) atoms. The lowest BCUT2D eigenvalue weighted by Crippen LogP contribution is -2.47. The number of carbonyl (C=O) groups excluding carboxylic acids is 2. The van der Waals surface area contributed by atoms with Gasteiger partial charge >= 0.3 is 0 Å². The topological polar surface area (TPSA) is 67.9 Å². The quantitative estimate of drug-likeness (QED) is 0.937. The molecule has 0 unspecified atom stereocenters. The Kier molecular flexibility index (Phi) is 4.37. The van der Waals surface area contributed by atoms with Crippen LogP contribution in [0.2, 0.25) is 0 Å². The summed E-state index contributed by atoms with van der Waals surface area (Å²) in [5, 5.41) is 2.76. The molecule has 0 aromatic heterocycles. The minimum Gasteiger partial charge on any atom is -0.493 e. The van der Waals surface area contributed by atoms with Crippen molar-refractivity contribution >= 4 is 23.2 Å². The summed E-state index contributed by atoms with van der Waals surface area (Å²) < 4.78 is 11.0. The molecule has 6 nitrogen and oxygen atoms in total. The van der Waals surface area contributed by atoms with Gasteiger partial charge in [-0.3, -0.25) is 14.5 Å². The van der Waals surface area contributed by atoms with E-state index in [-0.39, 0.29) is 18.4 Å². The summed E-state index contributed by atoms with van der Waals surface area (Å²) in [6, 6.07) is 14.3. The van der Waals surface area contributed by atoms with Crippen LogP contribution in [0.5, 0.6) is 11.5 Å². The Morgan fingerprint density at radius 1 is 1.12 bits per heavy atom. The van der Waals surface area contributed by atoms with E-state index >= 15 is 0 Å². The van der Waals surface area contributed by atoms with Crippen LogP contribution < -0.4 is 19.7 Å². The lowest BCUT2D eigenvalue weighted by atomic mass is 10.1. The Morgan fingerprint density at radius 2 is 1.79 bits per heavy atom. The summed E-state index contributed by atoms with van der Waals surface area (Å²) >= 11 is 0. The van der Waals surface area contributed by atoms with Gasteiger partial charge in [0.2, 0.25) is 5.91 Å². The second kappa shape index (κ2) is 6.62. The smallest absolute Gasteiger partial charge is 0.268 e. The molecule has 1 N–H and O–H groups in total. The number of carbonyl (C=O) groups is 2. The predicted molar refractivity (Wildman–Crippen MR) is 90.5 cm³/mol. The van der Waals surface area contributed by atoms with Crippen LogP contribution in [0, 0.1) is 0 Å². The molecule has 0 spiro atoms. The zero-order valence-corrected chi connectivity index (χ0v) is 13.5. The molecule has 1 aliphatic heterocycles. The van der Waals surface area contributed by atoms with E-state index in [1.165, 1.54) is 4.90 Å². The number of methoxy groups -OCH3 is 1. The van der Waals surface area contributed by atoms with Crippen LogP contribution in [0.25, 0.3) is 0 Å². The highest BCUT2D eigenvalue weighted by Crippen LogP contribution is 2.31. The van der Waals surface area contributed by atoms with Crippen LogP contribution in [0.15, 0.2) is 48.5 Å². The molecule has 124 valence electrons. The van der Waals surface area contributed by atoms with Crippen molar-refractivity contribution in [2.45, 2.75) is 13.0 Å². The maximum absolute atomic E-state index is 12.8. The van der Waals surface area contributed by atoms with Crippen LogP contribution in [0.3, 0.4) is 0 Å². The van der Waals surface area contributed by atoms with Gasteiger partial charge in [-0.05, 0) is 31.2 Å². The molecule has 1 aliphatic rings. The normalized spacial score (nSPS) is 14.4. The zero-order valence-electron chi connectivity index (χ0n) is 13.5. The van der Waals surface area contributed by atoms with Gasteiger partial charge in [0.1, 0.15) is 6.54 Å². The maximum atomic E-state index is 12.8. The average Bonchev–Trinajstić information content (AvgIpc) is 2.60. The highest BCUT2D eigenvalue weighted by molar-refractivity contribution is 6.10. The minimum atomic E-state index is -0.764. The number of ether oxygens (including phenoxy) is 2. The van der Waals surface area contributed by atoms with Crippen molar-refractivity contribution in [1.29, 1.82) is 0 Å². The summed E-state index contributed by atoms with van der Waals surface area (Å²) in [7, 11) is 1.54. The number of fused-ring (bicyclic) bond motifs is 1. The van der Waals surface area contributed by atoms with Gasteiger partial charge in [-0.15, -0.1) is 0 Å². The number of para-hydroxylation sites is 4. The summed E-state index contributed by atoms with van der Waals surface area (Å²) in [6.45, 7) is 1.62. The summed E-state index contributed by atoms with van der Waals surface area (Å²) in [4.78, 5) is 26.1. The SMILES string of the molecule is COc1ccccc1O[C@@H](C)C(=O)N1CC(=O)Nc2ccccc21. The van der Waals surface area contributed by atoms with Gasteiger partial charge in [-0.25, -0.2) is 0 Å². The lowest BCUT2D eigenvalue weighted by Gasteiger charge is -2.31. The first-order valence-corrected chi connectivity index (χ1v) is 7.60. The van der Waals surface area contributed by atoms with E-state index < -0.39 is 6.10 Å². The molecule has 0 bridgehead atoms. The fourth-order valence-electron chi connectivity index (χ4n) is 2.61. The molecular weight excluding hydrogens is 308 g/mol. The molecular formula is C18H18N2O4. The fraction of sp³-hybridized carbons (Fsp3) is 0.222. The van der Waals surface area contributed by atoms with Crippen molar-refractivity contribution in [3.05, 3.63) is 48.5 Å². The molecule has 0 fully saturated rings. The first-order chi connectivity index (χ1) is 11.6. The first kappa shape index (κ1) is 15.9. The van der Waals surface area contributed by atoms with E-state index in [0.717, 1.165) is 0 Å². The van der Waals surface area contributed by atoms with Gasteiger partial charge < -0.3 is 14.8 Å². The average molecular weight is 326 g/mol. The number of nitrogens with zero attached hydrogens (tertiary/aromatic N) is 1. The van der Waals surface area contributed by atoms with E-state index in [2.05, 4.69) is 5.32 Å². The third-order valence-corrected chi connectivity index (χ3v) is 3.76. The van der Waals surface area contributed by atoms with E-state index in [0.29, 0.717) is 22.9 Å². The van der Waals surface area contributed by atoms with Gasteiger partial charge in [0, 0.05) is 0 Å². The lowest BCUT2D eigenvalue weighted by molar-refractivity contribution is -0.126. The van der Waals surface area contributed by atoms with Gasteiger partial charge in [0.05, 0.1) is 18.5 Å². The van der Waals surface area contributed by atoms with Crippen LogP contribution in [-0.2, 0) is 9.59 Å². The Labute approximate surface area is 140 Å². The second-order valence-corrected chi connectivity index (χ2v) is 5.40. The third kappa shape index (κ3) is 3.03. The number of rotatable bonds is 4. The molecule has 0 saturated carbocycles. The van der Waals surface area contributed by atoms with Gasteiger partial charge in [0.15, 0.2) is 17.6 Å². The molecule has 1 heterocycles. The Morgan fingerprint density at radius 3 is 2.54 bits per heavy atom.